The van der Waals surface area contributed by atoms with E-state index in [2.05, 4.69) is 4.98 Å². The summed E-state index contributed by atoms with van der Waals surface area (Å²) in [5.41, 5.74) is 2.38. The predicted octanol–water partition coefficient (Wildman–Crippen LogP) is 3.68. The lowest BCUT2D eigenvalue weighted by atomic mass is 10.1. The highest BCUT2D eigenvalue weighted by Gasteiger charge is 2.01. The maximum atomic E-state index is 8.82. The number of nitriles is 1. The zero-order valence-electron chi connectivity index (χ0n) is 9.93. The van der Waals surface area contributed by atoms with Crippen molar-refractivity contribution < 1.29 is 4.74 Å². The molecule has 2 rings (SSSR count). The first kappa shape index (κ1) is 12.3. The lowest BCUT2D eigenvalue weighted by Crippen LogP contribution is -1.91. The topological polar surface area (TPSA) is 48.8 Å². The Kier molecular flexibility index (Phi) is 3.75. The second-order valence-electron chi connectivity index (χ2n) is 3.68. The molecule has 0 aliphatic carbocycles. The molecule has 90 valence electrons. The van der Waals surface area contributed by atoms with Gasteiger partial charge in [0.2, 0.25) is 0 Å². The summed E-state index contributed by atoms with van der Waals surface area (Å²) in [4.78, 5) is 3.05. The maximum Gasteiger partial charge on any atom is 0.121 e. The number of hydrogen-bond acceptors (Lipinski definition) is 3. The van der Waals surface area contributed by atoms with Gasteiger partial charge in [-0.1, -0.05) is 12.2 Å². The lowest BCUT2D eigenvalue weighted by molar-refractivity contribution is 0.340. The number of rotatable bonds is 3. The Morgan fingerprint density at radius 3 is 2.50 bits per heavy atom. The van der Waals surface area contributed by atoms with Gasteiger partial charge in [-0.25, -0.2) is 0 Å². The van der Waals surface area contributed by atoms with Crippen LogP contribution in [-0.4, -0.2) is 11.6 Å². The normalized spacial score (nSPS) is 9.78. The summed E-state index contributed by atoms with van der Waals surface area (Å²) < 4.78 is 5.85. The number of pyridine rings is 1. The lowest BCUT2D eigenvalue weighted by Gasteiger charge is -2.05. The number of benzene rings is 1. The Morgan fingerprint density at radius 1 is 1.22 bits per heavy atom. The van der Waals surface area contributed by atoms with E-state index in [-0.39, 0.29) is 0 Å². The molecule has 0 bridgehead atoms. The van der Waals surface area contributed by atoms with Crippen molar-refractivity contribution in [2.24, 2.45) is 0 Å². The van der Waals surface area contributed by atoms with Gasteiger partial charge in [-0.05, 0) is 48.9 Å². The van der Waals surface area contributed by atoms with Crippen LogP contribution in [0, 0.1) is 16.0 Å². The van der Waals surface area contributed by atoms with E-state index in [9.17, 15) is 0 Å². The molecule has 2 aromatic rings. The van der Waals surface area contributed by atoms with Gasteiger partial charge in [0, 0.05) is 5.69 Å². The average Bonchev–Trinajstić information content (AvgIpc) is 2.40. The van der Waals surface area contributed by atoms with E-state index in [1.807, 2.05) is 43.3 Å². The third kappa shape index (κ3) is 2.58. The predicted molar refractivity (Wildman–Crippen MR) is 72.9 cm³/mol. The zero-order valence-corrected chi connectivity index (χ0v) is 10.8. The summed E-state index contributed by atoms with van der Waals surface area (Å²) >= 11 is 5.10. The highest BCUT2D eigenvalue weighted by molar-refractivity contribution is 7.71. The van der Waals surface area contributed by atoms with Crippen LogP contribution >= 0.6 is 12.2 Å². The number of aromatic amines is 1. The first-order valence-electron chi connectivity index (χ1n) is 5.61. The molecule has 18 heavy (non-hydrogen) atoms. The fraction of sp³-hybridized carbons (Fsp3) is 0.143. The SMILES string of the molecule is CCOc1ccc(-c2ccc(C#N)c(=S)[nH]2)cc1. The van der Waals surface area contributed by atoms with Crippen molar-refractivity contribution in [3.8, 4) is 23.1 Å². The molecule has 0 aliphatic rings. The van der Waals surface area contributed by atoms with Gasteiger partial charge in [0.05, 0.1) is 12.2 Å². The smallest absolute Gasteiger partial charge is 0.121 e. The Balaban J connectivity index is 2.34. The van der Waals surface area contributed by atoms with Crippen LogP contribution < -0.4 is 4.74 Å². The van der Waals surface area contributed by atoms with Gasteiger partial charge in [-0.15, -0.1) is 0 Å². The third-order valence-corrected chi connectivity index (χ3v) is 2.83. The summed E-state index contributed by atoms with van der Waals surface area (Å²) in [5, 5.41) is 8.82. The van der Waals surface area contributed by atoms with Crippen molar-refractivity contribution in [1.29, 1.82) is 5.26 Å². The molecule has 1 N–H and O–H groups in total. The third-order valence-electron chi connectivity index (χ3n) is 2.51. The largest absolute Gasteiger partial charge is 0.494 e. The van der Waals surface area contributed by atoms with Crippen LogP contribution in [0.3, 0.4) is 0 Å². The van der Waals surface area contributed by atoms with Crippen molar-refractivity contribution >= 4 is 12.2 Å². The monoisotopic (exact) mass is 256 g/mol. The molecule has 1 aromatic heterocycles. The molecular formula is C14H12N2OS. The Bertz CT molecular complexity index is 638. The molecule has 0 fully saturated rings. The van der Waals surface area contributed by atoms with Crippen molar-refractivity contribution in [2.45, 2.75) is 6.92 Å². The van der Waals surface area contributed by atoms with E-state index in [1.165, 1.54) is 0 Å². The fourth-order valence-electron chi connectivity index (χ4n) is 1.63. The van der Waals surface area contributed by atoms with Crippen molar-refractivity contribution in [3.63, 3.8) is 0 Å². The van der Waals surface area contributed by atoms with Crippen molar-refractivity contribution in [2.75, 3.05) is 6.61 Å². The van der Waals surface area contributed by atoms with Gasteiger partial charge in [0.25, 0.3) is 0 Å². The van der Waals surface area contributed by atoms with Gasteiger partial charge in [-0.2, -0.15) is 5.26 Å². The van der Waals surface area contributed by atoms with E-state index in [0.29, 0.717) is 16.8 Å². The second kappa shape index (κ2) is 5.48. The van der Waals surface area contributed by atoms with E-state index in [4.69, 9.17) is 22.2 Å². The van der Waals surface area contributed by atoms with Gasteiger partial charge < -0.3 is 9.72 Å². The minimum atomic E-state index is 0.462. The Hall–Kier alpha value is -2.12. The molecule has 0 saturated heterocycles. The van der Waals surface area contributed by atoms with Gasteiger partial charge in [-0.3, -0.25) is 0 Å². The van der Waals surface area contributed by atoms with Crippen LogP contribution in [0.1, 0.15) is 12.5 Å². The zero-order chi connectivity index (χ0) is 13.0. The van der Waals surface area contributed by atoms with Crippen LogP contribution in [-0.2, 0) is 0 Å². The first-order valence-corrected chi connectivity index (χ1v) is 6.02. The number of nitrogens with zero attached hydrogens (tertiary/aromatic N) is 1. The second-order valence-corrected chi connectivity index (χ2v) is 4.09. The van der Waals surface area contributed by atoms with E-state index in [1.54, 1.807) is 6.07 Å². The highest BCUT2D eigenvalue weighted by atomic mass is 32.1. The number of nitrogens with one attached hydrogen (secondary N) is 1. The average molecular weight is 256 g/mol. The van der Waals surface area contributed by atoms with E-state index in [0.717, 1.165) is 17.0 Å². The maximum absolute atomic E-state index is 8.82. The highest BCUT2D eigenvalue weighted by Crippen LogP contribution is 2.21. The summed E-state index contributed by atoms with van der Waals surface area (Å²) in [6.45, 7) is 2.60. The van der Waals surface area contributed by atoms with Crippen LogP contribution in [0.4, 0.5) is 0 Å². The molecule has 0 spiro atoms. The first-order chi connectivity index (χ1) is 8.74. The molecule has 1 heterocycles. The van der Waals surface area contributed by atoms with Crippen LogP contribution in [0.5, 0.6) is 5.75 Å². The quantitative estimate of drug-likeness (QED) is 0.852. The minimum absolute atomic E-state index is 0.462. The molecule has 0 radical (unpaired) electrons. The molecule has 0 aliphatic heterocycles. The minimum Gasteiger partial charge on any atom is -0.494 e. The molecule has 0 unspecified atom stereocenters. The number of H-pyrrole nitrogens is 1. The molecule has 0 atom stereocenters. The van der Waals surface area contributed by atoms with Crippen molar-refractivity contribution in [1.82, 2.24) is 4.98 Å². The van der Waals surface area contributed by atoms with Gasteiger partial charge in [0.1, 0.15) is 16.5 Å². The summed E-state index contributed by atoms with van der Waals surface area (Å²) in [7, 11) is 0. The fourth-order valence-corrected chi connectivity index (χ4v) is 1.85. The van der Waals surface area contributed by atoms with E-state index < -0.39 is 0 Å². The Labute approximate surface area is 111 Å². The molecule has 3 nitrogen and oxygen atoms in total. The van der Waals surface area contributed by atoms with Crippen molar-refractivity contribution in [3.05, 3.63) is 46.6 Å². The summed E-state index contributed by atoms with van der Waals surface area (Å²) in [5.74, 6) is 0.841. The molecule has 1 aromatic carbocycles. The van der Waals surface area contributed by atoms with Crippen LogP contribution in [0.2, 0.25) is 0 Å². The number of hydrogen-bond donors (Lipinski definition) is 1. The van der Waals surface area contributed by atoms with Gasteiger partial charge in [0.15, 0.2) is 0 Å². The molecule has 4 heteroatoms. The molecular weight excluding hydrogens is 244 g/mol. The van der Waals surface area contributed by atoms with Gasteiger partial charge >= 0.3 is 0 Å². The standard InChI is InChI=1S/C14H12N2OS/c1-2-17-12-6-3-10(4-7-12)13-8-5-11(9-15)14(18)16-13/h3-8H,2H2,1H3,(H,16,18). The molecule has 0 saturated carbocycles. The number of ether oxygens (including phenoxy) is 1. The van der Waals surface area contributed by atoms with E-state index >= 15 is 0 Å². The van der Waals surface area contributed by atoms with Crippen LogP contribution in [0.15, 0.2) is 36.4 Å². The molecule has 0 amide bonds. The Morgan fingerprint density at radius 2 is 1.94 bits per heavy atom. The summed E-state index contributed by atoms with van der Waals surface area (Å²) in [6.07, 6.45) is 0. The summed E-state index contributed by atoms with van der Waals surface area (Å²) in [6, 6.07) is 13.4. The number of aromatic nitrogens is 1. The van der Waals surface area contributed by atoms with Crippen LogP contribution in [0.25, 0.3) is 11.3 Å².